The molecule has 2 aromatic rings. The van der Waals surface area contributed by atoms with Crippen LogP contribution in [0, 0.1) is 17.2 Å². The molecule has 1 aliphatic rings. The van der Waals surface area contributed by atoms with Gasteiger partial charge in [-0.2, -0.15) is 5.26 Å². The summed E-state index contributed by atoms with van der Waals surface area (Å²) in [7, 11) is 0. The molecule has 1 fully saturated rings. The van der Waals surface area contributed by atoms with Gasteiger partial charge in [-0.1, -0.05) is 30.3 Å². The molecule has 2 heterocycles. The molecule has 0 amide bonds. The van der Waals surface area contributed by atoms with Crippen molar-refractivity contribution in [2.45, 2.75) is 18.9 Å². The average molecular weight is 293 g/mol. The van der Waals surface area contributed by atoms with Gasteiger partial charge in [-0.05, 0) is 30.5 Å². The van der Waals surface area contributed by atoms with Crippen LogP contribution in [-0.4, -0.2) is 18.1 Å². The maximum atomic E-state index is 8.80. The zero-order valence-corrected chi connectivity index (χ0v) is 12.4. The van der Waals surface area contributed by atoms with Crippen LogP contribution in [0.4, 0.5) is 5.82 Å². The second-order valence-electron chi connectivity index (χ2n) is 5.53. The van der Waals surface area contributed by atoms with Gasteiger partial charge in [0.2, 0.25) is 0 Å². The van der Waals surface area contributed by atoms with E-state index in [9.17, 15) is 0 Å². The predicted molar refractivity (Wildman–Crippen MR) is 85.3 cm³/mol. The second-order valence-corrected chi connectivity index (χ2v) is 5.53. The Bertz CT molecular complexity index is 634. The number of hydrogen-bond acceptors (Lipinski definition) is 4. The third kappa shape index (κ3) is 3.44. The van der Waals surface area contributed by atoms with Gasteiger partial charge in [-0.15, -0.1) is 0 Å². The van der Waals surface area contributed by atoms with Crippen LogP contribution >= 0.6 is 0 Å². The van der Waals surface area contributed by atoms with Crippen LogP contribution < -0.4 is 5.32 Å². The van der Waals surface area contributed by atoms with E-state index in [4.69, 9.17) is 10.00 Å². The molecule has 3 rings (SSSR count). The van der Waals surface area contributed by atoms with Gasteiger partial charge in [0.1, 0.15) is 11.9 Å². The van der Waals surface area contributed by atoms with Crippen LogP contribution in [0.25, 0.3) is 0 Å². The molecule has 0 radical (unpaired) electrons. The van der Waals surface area contributed by atoms with Crippen molar-refractivity contribution in [2.75, 3.05) is 18.5 Å². The van der Waals surface area contributed by atoms with Gasteiger partial charge in [0.05, 0.1) is 11.7 Å². The molecule has 0 bridgehead atoms. The predicted octanol–water partition coefficient (Wildman–Crippen LogP) is 3.53. The van der Waals surface area contributed by atoms with Crippen molar-refractivity contribution >= 4 is 5.82 Å². The second kappa shape index (κ2) is 7.06. The third-order valence-corrected chi connectivity index (χ3v) is 4.01. The topological polar surface area (TPSA) is 57.9 Å². The van der Waals surface area contributed by atoms with Crippen LogP contribution in [-0.2, 0) is 4.74 Å². The number of rotatable bonds is 4. The highest BCUT2D eigenvalue weighted by Crippen LogP contribution is 2.33. The number of pyridine rings is 1. The van der Waals surface area contributed by atoms with Gasteiger partial charge in [-0.25, -0.2) is 4.98 Å². The Morgan fingerprint density at radius 2 is 2.09 bits per heavy atom. The fourth-order valence-corrected chi connectivity index (χ4v) is 2.86. The molecular formula is C18H19N3O. The summed E-state index contributed by atoms with van der Waals surface area (Å²) in [5, 5.41) is 12.2. The van der Waals surface area contributed by atoms with Crippen LogP contribution in [0.1, 0.15) is 30.1 Å². The number of hydrogen-bond donors (Lipinski definition) is 1. The van der Waals surface area contributed by atoms with Gasteiger partial charge < -0.3 is 10.1 Å². The van der Waals surface area contributed by atoms with Crippen molar-refractivity contribution in [1.29, 1.82) is 5.26 Å². The summed E-state index contributed by atoms with van der Waals surface area (Å²) in [4.78, 5) is 4.26. The molecule has 1 aromatic carbocycles. The lowest BCUT2D eigenvalue weighted by Gasteiger charge is -2.32. The maximum absolute atomic E-state index is 8.80. The molecule has 4 heteroatoms. The first-order valence-electron chi connectivity index (χ1n) is 7.63. The Labute approximate surface area is 130 Å². The van der Waals surface area contributed by atoms with E-state index in [1.807, 2.05) is 12.1 Å². The van der Waals surface area contributed by atoms with Crippen LogP contribution in [0.2, 0.25) is 0 Å². The van der Waals surface area contributed by atoms with Crippen LogP contribution in [0.5, 0.6) is 0 Å². The summed E-state index contributed by atoms with van der Waals surface area (Å²) >= 11 is 0. The summed E-state index contributed by atoms with van der Waals surface area (Å²) < 4.78 is 6.00. The molecular weight excluding hydrogens is 274 g/mol. The van der Waals surface area contributed by atoms with Gasteiger partial charge in [0.25, 0.3) is 0 Å². The van der Waals surface area contributed by atoms with Gasteiger partial charge >= 0.3 is 0 Å². The molecule has 1 aromatic heterocycles. The van der Waals surface area contributed by atoms with E-state index in [1.165, 1.54) is 5.56 Å². The standard InChI is InChI=1S/C18H19N3O/c19-11-14-8-9-17(20-12-14)21-13-16-7-4-10-22-18(16)15-5-2-1-3-6-15/h1-3,5-6,8-9,12,16,18H,4,7,10,13H2,(H,20,21). The number of nitriles is 1. The summed E-state index contributed by atoms with van der Waals surface area (Å²) in [6.45, 7) is 1.64. The molecule has 2 atom stereocenters. The zero-order valence-electron chi connectivity index (χ0n) is 12.4. The summed E-state index contributed by atoms with van der Waals surface area (Å²) in [5.74, 6) is 1.23. The van der Waals surface area contributed by atoms with Gasteiger partial charge in [-0.3, -0.25) is 0 Å². The number of aromatic nitrogens is 1. The van der Waals surface area contributed by atoms with Gasteiger partial charge in [0.15, 0.2) is 0 Å². The lowest BCUT2D eigenvalue weighted by atomic mass is 9.89. The van der Waals surface area contributed by atoms with Gasteiger partial charge in [0, 0.05) is 25.3 Å². The fraction of sp³-hybridized carbons (Fsp3) is 0.333. The average Bonchev–Trinajstić information content (AvgIpc) is 2.61. The molecule has 112 valence electrons. The van der Waals surface area contributed by atoms with Crippen molar-refractivity contribution in [3.63, 3.8) is 0 Å². The Morgan fingerprint density at radius 1 is 1.23 bits per heavy atom. The molecule has 0 spiro atoms. The number of benzene rings is 1. The number of nitrogens with one attached hydrogen (secondary N) is 1. The fourth-order valence-electron chi connectivity index (χ4n) is 2.86. The smallest absolute Gasteiger partial charge is 0.125 e. The zero-order chi connectivity index (χ0) is 15.2. The first kappa shape index (κ1) is 14.6. The van der Waals surface area contributed by atoms with Crippen molar-refractivity contribution in [1.82, 2.24) is 4.98 Å². The summed E-state index contributed by atoms with van der Waals surface area (Å²) in [6.07, 6.45) is 3.97. The molecule has 1 N–H and O–H groups in total. The maximum Gasteiger partial charge on any atom is 0.125 e. The van der Waals surface area contributed by atoms with E-state index < -0.39 is 0 Å². The van der Waals surface area contributed by atoms with Crippen molar-refractivity contribution in [3.05, 3.63) is 59.8 Å². The lowest BCUT2D eigenvalue weighted by molar-refractivity contribution is -0.0238. The highest BCUT2D eigenvalue weighted by molar-refractivity contribution is 5.39. The molecule has 4 nitrogen and oxygen atoms in total. The van der Waals surface area contributed by atoms with E-state index >= 15 is 0 Å². The molecule has 0 saturated carbocycles. The number of nitrogens with zero attached hydrogens (tertiary/aromatic N) is 2. The van der Waals surface area contributed by atoms with E-state index in [0.29, 0.717) is 11.5 Å². The van der Waals surface area contributed by atoms with Crippen molar-refractivity contribution in [3.8, 4) is 6.07 Å². The minimum atomic E-state index is 0.140. The first-order valence-corrected chi connectivity index (χ1v) is 7.63. The van der Waals surface area contributed by atoms with E-state index in [0.717, 1.165) is 31.8 Å². The highest BCUT2D eigenvalue weighted by atomic mass is 16.5. The molecule has 22 heavy (non-hydrogen) atoms. The summed E-state index contributed by atoms with van der Waals surface area (Å²) in [5.41, 5.74) is 1.82. The molecule has 1 saturated heterocycles. The largest absolute Gasteiger partial charge is 0.373 e. The van der Waals surface area contributed by atoms with E-state index in [1.54, 1.807) is 12.3 Å². The molecule has 0 aliphatic carbocycles. The lowest BCUT2D eigenvalue weighted by Crippen LogP contribution is -2.28. The Kier molecular flexibility index (Phi) is 4.67. The molecule has 1 aliphatic heterocycles. The Hall–Kier alpha value is -2.38. The first-order chi connectivity index (χ1) is 10.9. The third-order valence-electron chi connectivity index (χ3n) is 4.01. The quantitative estimate of drug-likeness (QED) is 0.937. The van der Waals surface area contributed by atoms with Crippen molar-refractivity contribution < 1.29 is 4.74 Å². The highest BCUT2D eigenvalue weighted by Gasteiger charge is 2.27. The normalized spacial score (nSPS) is 21.0. The van der Waals surface area contributed by atoms with Crippen molar-refractivity contribution in [2.24, 2.45) is 5.92 Å². The monoisotopic (exact) mass is 293 g/mol. The van der Waals surface area contributed by atoms with Crippen LogP contribution in [0.15, 0.2) is 48.7 Å². The van der Waals surface area contributed by atoms with E-state index in [2.05, 4.69) is 40.6 Å². The minimum absolute atomic E-state index is 0.140. The SMILES string of the molecule is N#Cc1ccc(NCC2CCCOC2c2ccccc2)nc1. The molecule has 2 unspecified atom stereocenters. The summed E-state index contributed by atoms with van der Waals surface area (Å²) in [6, 6.07) is 16.1. The minimum Gasteiger partial charge on any atom is -0.373 e. The number of anilines is 1. The van der Waals surface area contributed by atoms with Crippen LogP contribution in [0.3, 0.4) is 0 Å². The van der Waals surface area contributed by atoms with E-state index in [-0.39, 0.29) is 6.10 Å². The Morgan fingerprint density at radius 3 is 2.82 bits per heavy atom. The number of ether oxygens (including phenoxy) is 1. The Balaban J connectivity index is 1.65.